The Kier molecular flexibility index (Phi) is 3.28. The van der Waals surface area contributed by atoms with Gasteiger partial charge in [-0.25, -0.2) is 0 Å². The number of hydrogen-bond donors (Lipinski definition) is 0. The molecular formula is C13H14ClN. The third-order valence-corrected chi connectivity index (χ3v) is 3.59. The Morgan fingerprint density at radius 2 is 1.93 bits per heavy atom. The molecule has 1 aromatic carbocycles. The van der Waals surface area contributed by atoms with Gasteiger partial charge in [0.1, 0.15) is 0 Å². The molecule has 0 amide bonds. The lowest BCUT2D eigenvalue weighted by Crippen LogP contribution is -2.08. The molecular weight excluding hydrogens is 206 g/mol. The van der Waals surface area contributed by atoms with Gasteiger partial charge in [-0.3, -0.25) is 0 Å². The number of nitrogens with zero attached hydrogens (tertiary/aromatic N) is 1. The van der Waals surface area contributed by atoms with E-state index in [9.17, 15) is 5.26 Å². The fourth-order valence-electron chi connectivity index (χ4n) is 2.45. The normalized spacial score (nSPS) is 18.7. The zero-order valence-corrected chi connectivity index (χ0v) is 9.37. The van der Waals surface area contributed by atoms with Crippen LogP contribution in [0, 0.1) is 17.2 Å². The maximum absolute atomic E-state index is 9.26. The van der Waals surface area contributed by atoms with Crippen LogP contribution in [0.4, 0.5) is 0 Å². The number of halogens is 1. The van der Waals surface area contributed by atoms with E-state index in [-0.39, 0.29) is 5.92 Å². The van der Waals surface area contributed by atoms with E-state index in [0.29, 0.717) is 5.92 Å². The van der Waals surface area contributed by atoms with Gasteiger partial charge < -0.3 is 0 Å². The molecule has 1 aliphatic carbocycles. The third-order valence-electron chi connectivity index (χ3n) is 3.25. The van der Waals surface area contributed by atoms with Gasteiger partial charge in [0.2, 0.25) is 0 Å². The second kappa shape index (κ2) is 4.68. The smallest absolute Gasteiger partial charge is 0.0755 e. The molecule has 0 N–H and O–H groups in total. The Bertz CT molecular complexity index is 374. The summed E-state index contributed by atoms with van der Waals surface area (Å²) >= 11 is 6.13. The summed E-state index contributed by atoms with van der Waals surface area (Å²) in [6, 6.07) is 10.1. The predicted octanol–water partition coefficient (Wildman–Crippen LogP) is 4.14. The lowest BCUT2D eigenvalue weighted by Gasteiger charge is -2.17. The van der Waals surface area contributed by atoms with Gasteiger partial charge in [-0.05, 0) is 30.4 Å². The molecule has 1 unspecified atom stereocenters. The molecule has 0 aromatic heterocycles. The van der Waals surface area contributed by atoms with Crippen molar-refractivity contribution < 1.29 is 0 Å². The summed E-state index contributed by atoms with van der Waals surface area (Å²) in [5.41, 5.74) is 1.01. The minimum Gasteiger partial charge on any atom is -0.198 e. The second-order valence-corrected chi connectivity index (χ2v) is 4.58. The fourth-order valence-corrected chi connectivity index (χ4v) is 2.70. The molecule has 1 aliphatic rings. The van der Waals surface area contributed by atoms with Crippen molar-refractivity contribution >= 4 is 11.6 Å². The minimum atomic E-state index is -0.0128. The van der Waals surface area contributed by atoms with E-state index in [1.165, 1.54) is 25.7 Å². The first-order valence-corrected chi connectivity index (χ1v) is 5.85. The van der Waals surface area contributed by atoms with Gasteiger partial charge in [0.05, 0.1) is 12.0 Å². The van der Waals surface area contributed by atoms with Crippen LogP contribution < -0.4 is 0 Å². The molecule has 2 heteroatoms. The molecule has 0 heterocycles. The van der Waals surface area contributed by atoms with Crippen LogP contribution in [-0.2, 0) is 0 Å². The van der Waals surface area contributed by atoms with Gasteiger partial charge in [0.25, 0.3) is 0 Å². The Balaban J connectivity index is 2.27. The van der Waals surface area contributed by atoms with E-state index in [1.807, 2.05) is 24.3 Å². The third kappa shape index (κ3) is 2.16. The lowest BCUT2D eigenvalue weighted by atomic mass is 9.86. The van der Waals surface area contributed by atoms with Crippen molar-refractivity contribution in [1.82, 2.24) is 0 Å². The Hall–Kier alpha value is -1.00. The molecule has 0 saturated heterocycles. The van der Waals surface area contributed by atoms with E-state index in [0.717, 1.165) is 10.6 Å². The maximum atomic E-state index is 9.26. The van der Waals surface area contributed by atoms with Crippen molar-refractivity contribution in [3.63, 3.8) is 0 Å². The van der Waals surface area contributed by atoms with Crippen molar-refractivity contribution in [2.45, 2.75) is 31.6 Å². The standard InChI is InChI=1S/C13H14ClN/c14-13-8-4-3-7-11(13)12(9-15)10-5-1-2-6-10/h3-4,7-8,10,12H,1-2,5-6H2. The number of benzene rings is 1. The molecule has 2 rings (SSSR count). The van der Waals surface area contributed by atoms with Gasteiger partial charge in [0, 0.05) is 5.02 Å². The number of nitriles is 1. The lowest BCUT2D eigenvalue weighted by molar-refractivity contribution is 0.501. The topological polar surface area (TPSA) is 23.8 Å². The van der Waals surface area contributed by atoms with Crippen molar-refractivity contribution in [3.05, 3.63) is 34.9 Å². The van der Waals surface area contributed by atoms with Crippen LogP contribution in [0.25, 0.3) is 0 Å². The molecule has 1 atom stereocenters. The highest BCUT2D eigenvalue weighted by atomic mass is 35.5. The summed E-state index contributed by atoms with van der Waals surface area (Å²) in [5, 5.41) is 9.99. The van der Waals surface area contributed by atoms with Gasteiger partial charge in [-0.2, -0.15) is 5.26 Å². The van der Waals surface area contributed by atoms with Crippen molar-refractivity contribution in [2.24, 2.45) is 5.92 Å². The maximum Gasteiger partial charge on any atom is 0.0755 e. The first-order valence-electron chi connectivity index (χ1n) is 5.47. The summed E-state index contributed by atoms with van der Waals surface area (Å²) in [6.07, 6.45) is 4.85. The van der Waals surface area contributed by atoms with Crippen LogP contribution in [0.2, 0.25) is 5.02 Å². The van der Waals surface area contributed by atoms with Crippen molar-refractivity contribution in [1.29, 1.82) is 5.26 Å². The average molecular weight is 220 g/mol. The van der Waals surface area contributed by atoms with Gasteiger partial charge in [0.15, 0.2) is 0 Å². The zero-order chi connectivity index (χ0) is 10.7. The first-order chi connectivity index (χ1) is 7.33. The average Bonchev–Trinajstić information content (AvgIpc) is 2.75. The molecule has 0 bridgehead atoms. The van der Waals surface area contributed by atoms with Crippen molar-refractivity contribution in [2.75, 3.05) is 0 Å². The molecule has 1 fully saturated rings. The highest BCUT2D eigenvalue weighted by Crippen LogP contribution is 2.39. The SMILES string of the molecule is N#CC(c1ccccc1Cl)C1CCCC1. The van der Waals surface area contributed by atoms with Crippen molar-refractivity contribution in [3.8, 4) is 6.07 Å². The summed E-state index contributed by atoms with van der Waals surface area (Å²) in [7, 11) is 0. The molecule has 1 aromatic rings. The van der Waals surface area contributed by atoms with Crippen LogP contribution in [0.5, 0.6) is 0 Å². The van der Waals surface area contributed by atoms with Crippen LogP contribution in [0.15, 0.2) is 24.3 Å². The zero-order valence-electron chi connectivity index (χ0n) is 8.62. The van der Waals surface area contributed by atoms with Crippen LogP contribution >= 0.6 is 11.6 Å². The molecule has 1 nitrogen and oxygen atoms in total. The van der Waals surface area contributed by atoms with E-state index >= 15 is 0 Å². The molecule has 0 radical (unpaired) electrons. The number of rotatable bonds is 2. The van der Waals surface area contributed by atoms with E-state index in [1.54, 1.807) is 0 Å². The van der Waals surface area contributed by atoms with E-state index in [2.05, 4.69) is 6.07 Å². The highest BCUT2D eigenvalue weighted by molar-refractivity contribution is 6.31. The highest BCUT2D eigenvalue weighted by Gasteiger charge is 2.27. The Morgan fingerprint density at radius 3 is 2.53 bits per heavy atom. The largest absolute Gasteiger partial charge is 0.198 e. The summed E-state index contributed by atoms with van der Waals surface area (Å²) in [5.74, 6) is 0.496. The first kappa shape index (κ1) is 10.5. The molecule has 0 aliphatic heterocycles. The molecule has 0 spiro atoms. The summed E-state index contributed by atoms with van der Waals surface area (Å²) < 4.78 is 0. The van der Waals surface area contributed by atoms with Crippen LogP contribution in [0.3, 0.4) is 0 Å². The Labute approximate surface area is 95.7 Å². The predicted molar refractivity (Wildman–Crippen MR) is 61.8 cm³/mol. The van der Waals surface area contributed by atoms with Gasteiger partial charge in [-0.1, -0.05) is 42.6 Å². The molecule has 1 saturated carbocycles. The summed E-state index contributed by atoms with van der Waals surface area (Å²) in [4.78, 5) is 0. The molecule has 15 heavy (non-hydrogen) atoms. The fraction of sp³-hybridized carbons (Fsp3) is 0.462. The van der Waals surface area contributed by atoms with Gasteiger partial charge >= 0.3 is 0 Å². The van der Waals surface area contributed by atoms with Gasteiger partial charge in [-0.15, -0.1) is 0 Å². The quantitative estimate of drug-likeness (QED) is 0.734. The number of hydrogen-bond acceptors (Lipinski definition) is 1. The minimum absolute atomic E-state index is 0.0128. The van der Waals surface area contributed by atoms with Crippen LogP contribution in [-0.4, -0.2) is 0 Å². The second-order valence-electron chi connectivity index (χ2n) is 4.17. The summed E-state index contributed by atoms with van der Waals surface area (Å²) in [6.45, 7) is 0. The van der Waals surface area contributed by atoms with Crippen LogP contribution in [0.1, 0.15) is 37.2 Å². The van der Waals surface area contributed by atoms with E-state index in [4.69, 9.17) is 11.6 Å². The Morgan fingerprint density at radius 1 is 1.27 bits per heavy atom. The molecule has 78 valence electrons. The monoisotopic (exact) mass is 219 g/mol. The van der Waals surface area contributed by atoms with E-state index < -0.39 is 0 Å².